The van der Waals surface area contributed by atoms with Crippen molar-refractivity contribution in [2.45, 2.75) is 0 Å². The van der Waals surface area contributed by atoms with Crippen LogP contribution >= 0.6 is 70.8 Å². The maximum absolute atomic E-state index is 5.68. The molecule has 0 aliphatic heterocycles. The van der Waals surface area contributed by atoms with Gasteiger partial charge >= 0.3 is 0 Å². The first-order valence-corrected chi connectivity index (χ1v) is 5.54. The molecular formula is C7H2Cl4N2S2. The molecule has 0 radical (unpaired) electrons. The van der Waals surface area contributed by atoms with Gasteiger partial charge in [-0.05, 0) is 18.3 Å². The van der Waals surface area contributed by atoms with Gasteiger partial charge in [-0.3, -0.25) is 0 Å². The molecule has 0 amide bonds. The van der Waals surface area contributed by atoms with E-state index < -0.39 is 0 Å². The van der Waals surface area contributed by atoms with Crippen LogP contribution in [0, 0.1) is 0 Å². The summed E-state index contributed by atoms with van der Waals surface area (Å²) in [6.07, 6.45) is 1.44. The third-order valence-corrected chi connectivity index (χ3v) is 1.52. The van der Waals surface area contributed by atoms with Gasteiger partial charge in [-0.2, -0.15) is 4.99 Å². The zero-order valence-corrected chi connectivity index (χ0v) is 11.5. The number of hydrogen-bond donors (Lipinski definition) is 0. The average molecular weight is 320 g/mol. The molecule has 2 nitrogen and oxygen atoms in total. The van der Waals surface area contributed by atoms with Crippen LogP contribution in [0.25, 0.3) is 0 Å². The van der Waals surface area contributed by atoms with Crippen molar-refractivity contribution < 1.29 is 0 Å². The summed E-state index contributed by atoms with van der Waals surface area (Å²) in [6.45, 7) is 0. The SMILES string of the molecule is S=C(Cl)Cl.S=C=Nc1ncc(Cl)cc1Cl. The zero-order valence-electron chi connectivity index (χ0n) is 6.88. The molecule has 0 aromatic carbocycles. The Morgan fingerprint density at radius 1 is 1.40 bits per heavy atom. The molecule has 0 N–H and O–H groups in total. The van der Waals surface area contributed by atoms with Crippen molar-refractivity contribution in [2.24, 2.45) is 4.99 Å². The average Bonchev–Trinajstić information content (AvgIpc) is 2.09. The van der Waals surface area contributed by atoms with Crippen molar-refractivity contribution in [1.82, 2.24) is 4.98 Å². The molecule has 0 saturated carbocycles. The van der Waals surface area contributed by atoms with Crippen LogP contribution in [0.1, 0.15) is 0 Å². The Morgan fingerprint density at radius 2 is 1.93 bits per heavy atom. The number of nitrogens with zero attached hydrogens (tertiary/aromatic N) is 2. The maximum atomic E-state index is 5.68. The highest BCUT2D eigenvalue weighted by molar-refractivity contribution is 7.86. The lowest BCUT2D eigenvalue weighted by atomic mass is 10.5. The minimum absolute atomic E-state index is 0.0556. The number of thiocarbonyl (C=S) groups is 2. The number of pyridine rings is 1. The highest BCUT2D eigenvalue weighted by Gasteiger charge is 1.98. The third-order valence-electron chi connectivity index (χ3n) is 0.940. The van der Waals surface area contributed by atoms with E-state index in [1.807, 2.05) is 0 Å². The Bertz CT molecular complexity index is 400. The number of aliphatic imine (C=N–C) groups is 1. The Balaban J connectivity index is 0.000000423. The number of rotatable bonds is 1. The van der Waals surface area contributed by atoms with E-state index in [4.69, 9.17) is 46.4 Å². The fourth-order valence-corrected chi connectivity index (χ4v) is 1.04. The lowest BCUT2D eigenvalue weighted by Gasteiger charge is -1.93. The summed E-state index contributed by atoms with van der Waals surface area (Å²) in [5.74, 6) is 0.339. The summed E-state index contributed by atoms with van der Waals surface area (Å²) in [5, 5.41) is 3.00. The molecule has 0 bridgehead atoms. The second-order valence-corrected chi connectivity index (χ2v) is 4.72. The summed E-state index contributed by atoms with van der Waals surface area (Å²) in [7, 11) is 0. The van der Waals surface area contributed by atoms with Crippen LogP contribution in [0.15, 0.2) is 17.3 Å². The monoisotopic (exact) mass is 318 g/mol. The molecule has 1 heterocycles. The van der Waals surface area contributed by atoms with Gasteiger partial charge in [-0.15, -0.1) is 0 Å². The molecular weight excluding hydrogens is 318 g/mol. The summed E-state index contributed by atoms with van der Waals surface area (Å²) < 4.78 is -0.0556. The predicted molar refractivity (Wildman–Crippen MR) is 73.2 cm³/mol. The standard InChI is InChI=1S/C6H2Cl2N2S.CCl2S/c7-4-1-5(8)6(9-2-4)10-3-11;2-1(3)4/h1-2H;. The van der Waals surface area contributed by atoms with E-state index in [-0.39, 0.29) is 3.78 Å². The van der Waals surface area contributed by atoms with Crippen molar-refractivity contribution in [1.29, 1.82) is 0 Å². The fourth-order valence-electron chi connectivity index (χ4n) is 0.533. The van der Waals surface area contributed by atoms with Crippen LogP contribution in [-0.2, 0) is 0 Å². The fraction of sp³-hybridized carbons (Fsp3) is 0. The first-order chi connectivity index (χ1) is 6.97. The smallest absolute Gasteiger partial charge is 0.181 e. The first-order valence-electron chi connectivity index (χ1n) is 3.21. The third kappa shape index (κ3) is 8.05. The van der Waals surface area contributed by atoms with Gasteiger partial charge in [0.05, 0.1) is 15.2 Å². The second kappa shape index (κ2) is 8.36. The molecule has 1 rings (SSSR count). The van der Waals surface area contributed by atoms with E-state index in [0.717, 1.165) is 0 Å². The molecule has 8 heteroatoms. The van der Waals surface area contributed by atoms with Gasteiger partial charge in [0.1, 0.15) is 0 Å². The van der Waals surface area contributed by atoms with Crippen molar-refractivity contribution >= 4 is 85.6 Å². The Hall–Kier alpha value is 0.200. The molecule has 1 aromatic rings. The number of isothiocyanates is 1. The van der Waals surface area contributed by atoms with Crippen molar-refractivity contribution in [2.75, 3.05) is 0 Å². The molecule has 1 aromatic heterocycles. The number of hydrogen-bond acceptors (Lipinski definition) is 4. The molecule has 15 heavy (non-hydrogen) atoms. The summed E-state index contributed by atoms with van der Waals surface area (Å²) >= 11 is 29.3. The van der Waals surface area contributed by atoms with Crippen molar-refractivity contribution in [3.63, 3.8) is 0 Å². The Labute approximate surface area is 117 Å². The van der Waals surface area contributed by atoms with Crippen LogP contribution < -0.4 is 0 Å². The summed E-state index contributed by atoms with van der Waals surface area (Å²) in [5.41, 5.74) is 0. The zero-order chi connectivity index (χ0) is 11.8. The molecule has 0 fully saturated rings. The predicted octanol–water partition coefficient (Wildman–Crippen LogP) is 4.87. The van der Waals surface area contributed by atoms with E-state index in [9.17, 15) is 0 Å². The van der Waals surface area contributed by atoms with Crippen LogP contribution in [0.4, 0.5) is 5.82 Å². The van der Waals surface area contributed by atoms with Gasteiger partial charge in [0, 0.05) is 6.20 Å². The molecule has 0 unspecified atom stereocenters. The van der Waals surface area contributed by atoms with Crippen LogP contribution in [0.5, 0.6) is 0 Å². The number of aromatic nitrogens is 1. The van der Waals surface area contributed by atoms with E-state index >= 15 is 0 Å². The summed E-state index contributed by atoms with van der Waals surface area (Å²) in [6, 6.07) is 1.54. The molecule has 0 atom stereocenters. The topological polar surface area (TPSA) is 25.2 Å². The van der Waals surface area contributed by atoms with Gasteiger partial charge in [0.2, 0.25) is 0 Å². The van der Waals surface area contributed by atoms with Gasteiger partial charge in [-0.1, -0.05) is 58.6 Å². The lowest BCUT2D eigenvalue weighted by Crippen LogP contribution is -1.74. The number of halogens is 4. The van der Waals surface area contributed by atoms with Crippen LogP contribution in [0.3, 0.4) is 0 Å². The second-order valence-electron chi connectivity index (χ2n) is 1.89. The van der Waals surface area contributed by atoms with Crippen molar-refractivity contribution in [3.05, 3.63) is 22.3 Å². The lowest BCUT2D eigenvalue weighted by molar-refractivity contribution is 1.28. The van der Waals surface area contributed by atoms with Crippen molar-refractivity contribution in [3.8, 4) is 0 Å². The molecule has 0 aliphatic rings. The largest absolute Gasteiger partial charge is 0.234 e. The van der Waals surface area contributed by atoms with Gasteiger partial charge < -0.3 is 0 Å². The summed E-state index contributed by atoms with van der Waals surface area (Å²) in [4.78, 5) is 7.42. The molecule has 0 saturated heterocycles. The normalized spacial score (nSPS) is 8.27. The van der Waals surface area contributed by atoms with E-state index in [1.54, 1.807) is 6.07 Å². The van der Waals surface area contributed by atoms with E-state index in [1.165, 1.54) is 6.20 Å². The highest BCUT2D eigenvalue weighted by Crippen LogP contribution is 2.24. The van der Waals surface area contributed by atoms with Crippen LogP contribution in [-0.4, -0.2) is 13.9 Å². The minimum Gasteiger partial charge on any atom is -0.234 e. The van der Waals surface area contributed by atoms with E-state index in [2.05, 4.69) is 39.6 Å². The van der Waals surface area contributed by atoms with Gasteiger partial charge in [0.15, 0.2) is 9.60 Å². The Kier molecular flexibility index (Phi) is 8.47. The van der Waals surface area contributed by atoms with Crippen LogP contribution in [0.2, 0.25) is 10.0 Å². The highest BCUT2D eigenvalue weighted by atomic mass is 35.5. The molecule has 0 aliphatic carbocycles. The van der Waals surface area contributed by atoms with Gasteiger partial charge in [-0.25, -0.2) is 4.98 Å². The molecule has 0 spiro atoms. The quantitative estimate of drug-likeness (QED) is 0.419. The first kappa shape index (κ1) is 15.2. The van der Waals surface area contributed by atoms with Gasteiger partial charge in [0.25, 0.3) is 0 Å². The molecule has 80 valence electrons. The Morgan fingerprint density at radius 3 is 2.33 bits per heavy atom. The minimum atomic E-state index is -0.0556. The maximum Gasteiger partial charge on any atom is 0.181 e. The van der Waals surface area contributed by atoms with E-state index in [0.29, 0.717) is 15.9 Å².